The van der Waals surface area contributed by atoms with Crippen molar-refractivity contribution in [1.82, 2.24) is 0 Å². The van der Waals surface area contributed by atoms with Crippen LogP contribution in [0.3, 0.4) is 0 Å². The van der Waals surface area contributed by atoms with E-state index in [1.807, 2.05) is 0 Å². The Bertz CT molecular complexity index is 850. The third kappa shape index (κ3) is 3.07. The minimum Gasteiger partial charge on any atom is -0.377 e. The molecule has 0 bridgehead atoms. The standard InChI is InChI=1S/C24H25N/c1-24(2)21-17-19(14-13-18-9-5-3-6-10-18)15-16-22(21)25-23(24)20-11-7-4-8-12-20/h3-12,15-17,23,25H,13-14H2,1-2H3. The van der Waals surface area contributed by atoms with Crippen LogP contribution in [0.2, 0.25) is 0 Å². The lowest BCUT2D eigenvalue weighted by atomic mass is 9.77. The third-order valence-electron chi connectivity index (χ3n) is 5.48. The molecule has 0 radical (unpaired) electrons. The van der Waals surface area contributed by atoms with E-state index in [1.165, 1.54) is 27.9 Å². The summed E-state index contributed by atoms with van der Waals surface area (Å²) < 4.78 is 0. The Morgan fingerprint density at radius 2 is 1.40 bits per heavy atom. The van der Waals surface area contributed by atoms with Crippen molar-refractivity contribution < 1.29 is 0 Å². The van der Waals surface area contributed by atoms with E-state index in [4.69, 9.17) is 0 Å². The van der Waals surface area contributed by atoms with Gasteiger partial charge in [-0.3, -0.25) is 0 Å². The molecule has 3 aromatic carbocycles. The molecule has 0 saturated heterocycles. The van der Waals surface area contributed by atoms with Crippen LogP contribution in [0.4, 0.5) is 5.69 Å². The summed E-state index contributed by atoms with van der Waals surface area (Å²) in [6.07, 6.45) is 2.18. The zero-order chi connectivity index (χ0) is 17.3. The number of rotatable bonds is 4. The fourth-order valence-corrected chi connectivity index (χ4v) is 3.98. The SMILES string of the molecule is CC1(C)c2cc(CCc3ccccc3)ccc2NC1c1ccccc1. The molecule has 1 nitrogen and oxygen atoms in total. The van der Waals surface area contributed by atoms with E-state index in [0.717, 1.165) is 12.8 Å². The molecule has 126 valence electrons. The first-order valence-corrected chi connectivity index (χ1v) is 9.13. The van der Waals surface area contributed by atoms with Crippen LogP contribution in [0.5, 0.6) is 0 Å². The van der Waals surface area contributed by atoms with Crippen molar-refractivity contribution in [2.75, 3.05) is 5.32 Å². The summed E-state index contributed by atoms with van der Waals surface area (Å²) in [5, 5.41) is 3.74. The number of hydrogen-bond acceptors (Lipinski definition) is 1. The van der Waals surface area contributed by atoms with Crippen molar-refractivity contribution in [2.24, 2.45) is 0 Å². The van der Waals surface area contributed by atoms with Gasteiger partial charge in [0.05, 0.1) is 6.04 Å². The minimum atomic E-state index is 0.0828. The van der Waals surface area contributed by atoms with Gasteiger partial charge in [-0.05, 0) is 41.2 Å². The normalized spacial score (nSPS) is 17.8. The Hall–Kier alpha value is -2.54. The molecule has 0 fully saturated rings. The van der Waals surface area contributed by atoms with Gasteiger partial charge in [-0.2, -0.15) is 0 Å². The van der Waals surface area contributed by atoms with Crippen LogP contribution in [0.1, 0.15) is 42.1 Å². The summed E-state index contributed by atoms with van der Waals surface area (Å²) in [5.41, 5.74) is 6.98. The molecule has 1 aliphatic rings. The van der Waals surface area contributed by atoms with Gasteiger partial charge in [0, 0.05) is 11.1 Å². The molecule has 1 heterocycles. The molecule has 4 rings (SSSR count). The maximum absolute atomic E-state index is 3.74. The quantitative estimate of drug-likeness (QED) is 0.627. The zero-order valence-corrected chi connectivity index (χ0v) is 15.0. The molecule has 1 aliphatic heterocycles. The Balaban J connectivity index is 1.58. The highest BCUT2D eigenvalue weighted by Gasteiger charge is 2.40. The molecular weight excluding hydrogens is 302 g/mol. The molecule has 0 aromatic heterocycles. The third-order valence-corrected chi connectivity index (χ3v) is 5.48. The molecular formula is C24H25N. The highest BCUT2D eigenvalue weighted by molar-refractivity contribution is 5.64. The number of aryl methyl sites for hydroxylation is 2. The van der Waals surface area contributed by atoms with Gasteiger partial charge in [0.25, 0.3) is 0 Å². The maximum Gasteiger partial charge on any atom is 0.0606 e. The zero-order valence-electron chi connectivity index (χ0n) is 15.0. The summed E-state index contributed by atoms with van der Waals surface area (Å²) >= 11 is 0. The van der Waals surface area contributed by atoms with E-state index in [-0.39, 0.29) is 5.41 Å². The Kier molecular flexibility index (Phi) is 4.09. The van der Waals surface area contributed by atoms with Crippen molar-refractivity contribution >= 4 is 5.69 Å². The topological polar surface area (TPSA) is 12.0 Å². The first kappa shape index (κ1) is 16.0. The van der Waals surface area contributed by atoms with E-state index >= 15 is 0 Å². The van der Waals surface area contributed by atoms with Crippen LogP contribution in [0.15, 0.2) is 78.9 Å². The molecule has 1 atom stereocenters. The first-order chi connectivity index (χ1) is 12.1. The number of nitrogens with one attached hydrogen (secondary N) is 1. The second kappa shape index (κ2) is 6.40. The van der Waals surface area contributed by atoms with Crippen molar-refractivity contribution in [1.29, 1.82) is 0 Å². The van der Waals surface area contributed by atoms with E-state index in [1.54, 1.807) is 0 Å². The minimum absolute atomic E-state index is 0.0828. The number of anilines is 1. The molecule has 1 heteroatoms. The Morgan fingerprint density at radius 1 is 0.760 bits per heavy atom. The lowest BCUT2D eigenvalue weighted by Crippen LogP contribution is -2.25. The van der Waals surface area contributed by atoms with Gasteiger partial charge in [-0.15, -0.1) is 0 Å². The lowest BCUT2D eigenvalue weighted by molar-refractivity contribution is 0.474. The molecule has 0 saturated carbocycles. The van der Waals surface area contributed by atoms with Crippen LogP contribution < -0.4 is 5.32 Å². The van der Waals surface area contributed by atoms with E-state index in [2.05, 4.69) is 98.0 Å². The second-order valence-corrected chi connectivity index (χ2v) is 7.58. The first-order valence-electron chi connectivity index (χ1n) is 9.13. The molecule has 0 aliphatic carbocycles. The fourth-order valence-electron chi connectivity index (χ4n) is 3.98. The van der Waals surface area contributed by atoms with Crippen molar-refractivity contribution in [3.8, 4) is 0 Å². The van der Waals surface area contributed by atoms with Crippen LogP contribution in [-0.4, -0.2) is 0 Å². The smallest absolute Gasteiger partial charge is 0.0606 e. The molecule has 1 N–H and O–H groups in total. The summed E-state index contributed by atoms with van der Waals surface area (Å²) in [4.78, 5) is 0. The van der Waals surface area contributed by atoms with Gasteiger partial charge in [0.2, 0.25) is 0 Å². The van der Waals surface area contributed by atoms with Crippen LogP contribution in [-0.2, 0) is 18.3 Å². The van der Waals surface area contributed by atoms with E-state index in [9.17, 15) is 0 Å². The lowest BCUT2D eigenvalue weighted by Gasteiger charge is -2.28. The maximum atomic E-state index is 3.74. The van der Waals surface area contributed by atoms with Gasteiger partial charge >= 0.3 is 0 Å². The molecule has 3 aromatic rings. The highest BCUT2D eigenvalue weighted by Crippen LogP contribution is 2.48. The van der Waals surface area contributed by atoms with Gasteiger partial charge in [-0.1, -0.05) is 86.6 Å². The summed E-state index contributed by atoms with van der Waals surface area (Å²) in [7, 11) is 0. The Labute approximate surface area is 150 Å². The second-order valence-electron chi connectivity index (χ2n) is 7.58. The monoisotopic (exact) mass is 327 g/mol. The Morgan fingerprint density at radius 3 is 2.12 bits per heavy atom. The van der Waals surface area contributed by atoms with Gasteiger partial charge < -0.3 is 5.32 Å². The van der Waals surface area contributed by atoms with Crippen molar-refractivity contribution in [3.63, 3.8) is 0 Å². The van der Waals surface area contributed by atoms with Gasteiger partial charge in [0.1, 0.15) is 0 Å². The molecule has 0 spiro atoms. The molecule has 25 heavy (non-hydrogen) atoms. The average molecular weight is 327 g/mol. The predicted octanol–water partition coefficient (Wildman–Crippen LogP) is 5.92. The van der Waals surface area contributed by atoms with Gasteiger partial charge in [-0.25, -0.2) is 0 Å². The number of benzene rings is 3. The largest absolute Gasteiger partial charge is 0.377 e. The van der Waals surface area contributed by atoms with Gasteiger partial charge in [0.15, 0.2) is 0 Å². The summed E-state index contributed by atoms with van der Waals surface area (Å²) in [6.45, 7) is 4.70. The highest BCUT2D eigenvalue weighted by atomic mass is 15.0. The van der Waals surface area contributed by atoms with Crippen molar-refractivity contribution in [2.45, 2.75) is 38.1 Å². The van der Waals surface area contributed by atoms with Crippen molar-refractivity contribution in [3.05, 3.63) is 101 Å². The predicted molar refractivity (Wildman–Crippen MR) is 106 cm³/mol. The van der Waals surface area contributed by atoms with E-state index < -0.39 is 0 Å². The number of hydrogen-bond donors (Lipinski definition) is 1. The fraction of sp³-hybridized carbons (Fsp3) is 0.250. The molecule has 1 unspecified atom stereocenters. The molecule has 0 amide bonds. The van der Waals surface area contributed by atoms with E-state index in [0.29, 0.717) is 6.04 Å². The average Bonchev–Trinajstić information content (AvgIpc) is 2.92. The summed E-state index contributed by atoms with van der Waals surface area (Å²) in [5.74, 6) is 0. The van der Waals surface area contributed by atoms with Crippen LogP contribution in [0, 0.1) is 0 Å². The summed E-state index contributed by atoms with van der Waals surface area (Å²) in [6, 6.07) is 28.8. The van der Waals surface area contributed by atoms with Crippen LogP contribution >= 0.6 is 0 Å². The van der Waals surface area contributed by atoms with Crippen LogP contribution in [0.25, 0.3) is 0 Å². The number of fused-ring (bicyclic) bond motifs is 1.